The first-order valence-electron chi connectivity index (χ1n) is 6.84. The fourth-order valence-electron chi connectivity index (χ4n) is 3.40. The molecule has 20 heavy (non-hydrogen) atoms. The van der Waals surface area contributed by atoms with Crippen LogP contribution in [0.5, 0.6) is 0 Å². The summed E-state index contributed by atoms with van der Waals surface area (Å²) >= 11 is 0. The maximum absolute atomic E-state index is 12.7. The fraction of sp³-hybridized carbons (Fsp3) is 0.571. The second kappa shape index (κ2) is 4.54. The highest BCUT2D eigenvalue weighted by atomic mass is 32.2. The zero-order valence-electron chi connectivity index (χ0n) is 11.4. The summed E-state index contributed by atoms with van der Waals surface area (Å²) in [5.41, 5.74) is 0.475. The van der Waals surface area contributed by atoms with Gasteiger partial charge in [-0.2, -0.15) is 9.57 Å². The molecule has 5 nitrogen and oxygen atoms in total. The summed E-state index contributed by atoms with van der Waals surface area (Å²) in [4.78, 5) is 3.99. The number of sulfonamides is 1. The Bertz CT molecular complexity index is 674. The Morgan fingerprint density at radius 2 is 2.20 bits per heavy atom. The summed E-state index contributed by atoms with van der Waals surface area (Å²) in [6, 6.07) is 3.36. The van der Waals surface area contributed by atoms with Gasteiger partial charge < -0.3 is 0 Å². The van der Waals surface area contributed by atoms with E-state index < -0.39 is 10.0 Å². The molecular weight excluding hydrogens is 274 g/mol. The van der Waals surface area contributed by atoms with Crippen molar-refractivity contribution in [2.45, 2.75) is 43.5 Å². The predicted molar refractivity (Wildman–Crippen MR) is 73.2 cm³/mol. The predicted octanol–water partition coefficient (Wildman–Crippen LogP) is 1.91. The van der Waals surface area contributed by atoms with Crippen LogP contribution in [0.25, 0.3) is 0 Å². The van der Waals surface area contributed by atoms with Crippen LogP contribution in [0.4, 0.5) is 0 Å². The van der Waals surface area contributed by atoms with Crippen molar-refractivity contribution in [2.24, 2.45) is 5.41 Å². The lowest BCUT2D eigenvalue weighted by Crippen LogP contribution is -2.37. The van der Waals surface area contributed by atoms with Crippen molar-refractivity contribution in [2.75, 3.05) is 6.54 Å². The van der Waals surface area contributed by atoms with Crippen LogP contribution in [0, 0.1) is 16.7 Å². The quantitative estimate of drug-likeness (QED) is 0.834. The molecule has 1 aliphatic carbocycles. The van der Waals surface area contributed by atoms with E-state index in [1.165, 1.54) is 24.9 Å². The van der Waals surface area contributed by atoms with Crippen molar-refractivity contribution < 1.29 is 8.42 Å². The molecule has 1 saturated carbocycles. The van der Waals surface area contributed by atoms with Crippen LogP contribution in [0.3, 0.4) is 0 Å². The van der Waals surface area contributed by atoms with Gasteiger partial charge in [-0.1, -0.05) is 6.42 Å². The molecule has 0 N–H and O–H groups in total. The van der Waals surface area contributed by atoms with E-state index in [2.05, 4.69) is 4.98 Å². The van der Waals surface area contributed by atoms with Gasteiger partial charge in [-0.05, 0) is 37.7 Å². The second-order valence-corrected chi connectivity index (χ2v) is 7.87. The molecule has 2 aliphatic rings. The van der Waals surface area contributed by atoms with Crippen LogP contribution in [0.1, 0.15) is 38.2 Å². The molecule has 1 atom stereocenters. The molecule has 2 fully saturated rings. The first-order valence-corrected chi connectivity index (χ1v) is 8.28. The normalized spacial score (nSPS) is 25.3. The van der Waals surface area contributed by atoms with Gasteiger partial charge in [0.15, 0.2) is 0 Å². The molecule has 2 heterocycles. The third kappa shape index (κ3) is 2.02. The minimum absolute atomic E-state index is 0.0195. The zero-order valence-corrected chi connectivity index (χ0v) is 12.2. The van der Waals surface area contributed by atoms with E-state index in [4.69, 9.17) is 5.26 Å². The lowest BCUT2D eigenvalue weighted by atomic mass is 9.68. The maximum atomic E-state index is 12.7. The third-order valence-electron chi connectivity index (χ3n) is 4.57. The number of nitriles is 1. The van der Waals surface area contributed by atoms with Crippen molar-refractivity contribution in [1.29, 1.82) is 5.26 Å². The first-order chi connectivity index (χ1) is 9.47. The maximum Gasteiger partial charge on any atom is 0.244 e. The van der Waals surface area contributed by atoms with Crippen LogP contribution in [0.2, 0.25) is 0 Å². The standard InChI is InChI=1S/C14H17N3O2S/c1-11-6-14(3-2-4-14)10-17(11)20(18,19)13-5-12(7-15)8-16-9-13/h5,8-9,11H,2-4,6,10H2,1H3. The molecule has 1 spiro atoms. The number of hydrogen-bond acceptors (Lipinski definition) is 4. The molecule has 1 saturated heterocycles. The topological polar surface area (TPSA) is 74.1 Å². The van der Waals surface area contributed by atoms with Crippen LogP contribution < -0.4 is 0 Å². The smallest absolute Gasteiger partial charge is 0.244 e. The van der Waals surface area contributed by atoms with Gasteiger partial charge in [0, 0.05) is 25.0 Å². The van der Waals surface area contributed by atoms with E-state index in [9.17, 15) is 8.42 Å². The van der Waals surface area contributed by atoms with Crippen molar-refractivity contribution >= 4 is 10.0 Å². The molecule has 0 radical (unpaired) electrons. The van der Waals surface area contributed by atoms with Crippen molar-refractivity contribution in [1.82, 2.24) is 9.29 Å². The van der Waals surface area contributed by atoms with Gasteiger partial charge in [-0.3, -0.25) is 4.98 Å². The molecule has 0 amide bonds. The summed E-state index contributed by atoms with van der Waals surface area (Å²) in [5.74, 6) is 0. The highest BCUT2D eigenvalue weighted by Crippen LogP contribution is 2.51. The Kier molecular flexibility index (Phi) is 3.07. The van der Waals surface area contributed by atoms with Crippen LogP contribution in [0.15, 0.2) is 23.4 Å². The Morgan fingerprint density at radius 3 is 2.75 bits per heavy atom. The van der Waals surface area contributed by atoms with Gasteiger partial charge in [-0.25, -0.2) is 8.42 Å². The fourth-order valence-corrected chi connectivity index (χ4v) is 5.13. The summed E-state index contributed by atoms with van der Waals surface area (Å²) in [7, 11) is -3.55. The Balaban J connectivity index is 1.94. The average molecular weight is 291 g/mol. The summed E-state index contributed by atoms with van der Waals surface area (Å²) < 4.78 is 27.0. The molecule has 0 aromatic carbocycles. The van der Waals surface area contributed by atoms with Crippen molar-refractivity contribution in [3.63, 3.8) is 0 Å². The average Bonchev–Trinajstić information content (AvgIpc) is 2.78. The van der Waals surface area contributed by atoms with Gasteiger partial charge >= 0.3 is 0 Å². The first kappa shape index (κ1) is 13.5. The highest BCUT2D eigenvalue weighted by molar-refractivity contribution is 7.89. The number of pyridine rings is 1. The summed E-state index contributed by atoms with van der Waals surface area (Å²) in [6.07, 6.45) is 7.10. The molecule has 6 heteroatoms. The third-order valence-corrected chi connectivity index (χ3v) is 6.50. The van der Waals surface area contributed by atoms with Crippen LogP contribution >= 0.6 is 0 Å². The number of aromatic nitrogens is 1. The van der Waals surface area contributed by atoms with E-state index in [0.717, 1.165) is 19.3 Å². The molecular formula is C14H17N3O2S. The van der Waals surface area contributed by atoms with Gasteiger partial charge in [0.1, 0.15) is 11.0 Å². The SMILES string of the molecule is CC1CC2(CCC2)CN1S(=O)(=O)c1cncc(C#N)c1. The van der Waals surface area contributed by atoms with E-state index in [0.29, 0.717) is 6.54 Å². The van der Waals surface area contributed by atoms with Crippen LogP contribution in [-0.2, 0) is 10.0 Å². The minimum Gasteiger partial charge on any atom is -0.262 e. The minimum atomic E-state index is -3.55. The van der Waals surface area contributed by atoms with Crippen LogP contribution in [-0.4, -0.2) is 30.3 Å². The van der Waals surface area contributed by atoms with Gasteiger partial charge in [-0.15, -0.1) is 0 Å². The molecule has 0 bridgehead atoms. The van der Waals surface area contributed by atoms with E-state index in [-0.39, 0.29) is 21.9 Å². The van der Waals surface area contributed by atoms with E-state index in [1.807, 2.05) is 13.0 Å². The van der Waals surface area contributed by atoms with Gasteiger partial charge in [0.25, 0.3) is 0 Å². The molecule has 1 aromatic rings. The summed E-state index contributed by atoms with van der Waals surface area (Å²) in [5, 5.41) is 8.88. The molecule has 1 aromatic heterocycles. The van der Waals surface area contributed by atoms with E-state index >= 15 is 0 Å². The highest BCUT2D eigenvalue weighted by Gasteiger charge is 2.49. The van der Waals surface area contributed by atoms with Gasteiger partial charge in [0.2, 0.25) is 10.0 Å². The molecule has 1 aliphatic heterocycles. The number of nitrogens with zero attached hydrogens (tertiary/aromatic N) is 3. The lowest BCUT2D eigenvalue weighted by Gasteiger charge is -2.38. The molecule has 3 rings (SSSR count). The zero-order chi connectivity index (χ0) is 14.4. The van der Waals surface area contributed by atoms with Crippen molar-refractivity contribution in [3.8, 4) is 6.07 Å². The largest absolute Gasteiger partial charge is 0.262 e. The monoisotopic (exact) mass is 291 g/mol. The molecule has 106 valence electrons. The second-order valence-electron chi connectivity index (χ2n) is 5.98. The lowest BCUT2D eigenvalue weighted by molar-refractivity contribution is 0.152. The summed E-state index contributed by atoms with van der Waals surface area (Å²) in [6.45, 7) is 2.57. The Hall–Kier alpha value is -1.45. The van der Waals surface area contributed by atoms with E-state index in [1.54, 1.807) is 4.31 Å². The Labute approximate surface area is 119 Å². The van der Waals surface area contributed by atoms with Crippen molar-refractivity contribution in [3.05, 3.63) is 24.0 Å². The number of rotatable bonds is 2. The van der Waals surface area contributed by atoms with Gasteiger partial charge in [0.05, 0.1) is 5.56 Å². The molecule has 1 unspecified atom stereocenters. The Morgan fingerprint density at radius 1 is 1.45 bits per heavy atom. The number of hydrogen-bond donors (Lipinski definition) is 0.